The van der Waals surface area contributed by atoms with Crippen molar-refractivity contribution >= 4 is 17.5 Å². The molecule has 0 bridgehead atoms. The Bertz CT molecular complexity index is 628. The second-order valence-electron chi connectivity index (χ2n) is 4.17. The number of ketones is 1. The van der Waals surface area contributed by atoms with Crippen molar-refractivity contribution in [1.82, 2.24) is 0 Å². The van der Waals surface area contributed by atoms with Crippen LogP contribution in [-0.2, 0) is 11.2 Å². The van der Waals surface area contributed by atoms with Crippen molar-refractivity contribution in [3.05, 3.63) is 65.5 Å². The Morgan fingerprint density at radius 3 is 2.50 bits per heavy atom. The molecule has 0 saturated heterocycles. The van der Waals surface area contributed by atoms with Crippen LogP contribution in [0.15, 0.2) is 47.4 Å². The Hall–Kier alpha value is -1.75. The minimum atomic E-state index is -0.615. The SMILES string of the molecule is O=C(CSc1ccccc1F)Cc1cc(F)ccc1F. The van der Waals surface area contributed by atoms with Gasteiger partial charge in [-0.25, -0.2) is 13.2 Å². The molecule has 2 aromatic carbocycles. The zero-order valence-electron chi connectivity index (χ0n) is 10.4. The van der Waals surface area contributed by atoms with Gasteiger partial charge in [0.1, 0.15) is 23.2 Å². The molecule has 0 unspecified atom stereocenters. The van der Waals surface area contributed by atoms with E-state index in [4.69, 9.17) is 0 Å². The van der Waals surface area contributed by atoms with Crippen LogP contribution in [0.5, 0.6) is 0 Å². The number of Topliss-reactive ketones (excluding diaryl/α,β-unsaturated/α-hetero) is 1. The van der Waals surface area contributed by atoms with Crippen molar-refractivity contribution in [3.63, 3.8) is 0 Å². The van der Waals surface area contributed by atoms with Crippen molar-refractivity contribution < 1.29 is 18.0 Å². The Morgan fingerprint density at radius 1 is 1.00 bits per heavy atom. The molecule has 0 spiro atoms. The Labute approximate surface area is 118 Å². The van der Waals surface area contributed by atoms with Gasteiger partial charge >= 0.3 is 0 Å². The first kappa shape index (κ1) is 14.7. The van der Waals surface area contributed by atoms with E-state index in [2.05, 4.69) is 0 Å². The third kappa shape index (κ3) is 3.87. The molecule has 2 rings (SSSR count). The molecular formula is C15H11F3OS. The number of hydrogen-bond acceptors (Lipinski definition) is 2. The first-order valence-electron chi connectivity index (χ1n) is 5.89. The van der Waals surface area contributed by atoms with Gasteiger partial charge in [-0.05, 0) is 35.9 Å². The Balaban J connectivity index is 1.96. The highest BCUT2D eigenvalue weighted by Crippen LogP contribution is 2.21. The number of carbonyl (C=O) groups is 1. The highest BCUT2D eigenvalue weighted by molar-refractivity contribution is 8.00. The summed E-state index contributed by atoms with van der Waals surface area (Å²) in [5, 5.41) is 0. The maximum Gasteiger partial charge on any atom is 0.147 e. The second-order valence-corrected chi connectivity index (χ2v) is 5.19. The molecule has 5 heteroatoms. The van der Waals surface area contributed by atoms with Crippen LogP contribution in [0.3, 0.4) is 0 Å². The molecule has 0 amide bonds. The quantitative estimate of drug-likeness (QED) is 0.776. The van der Waals surface area contributed by atoms with Crippen molar-refractivity contribution in [2.24, 2.45) is 0 Å². The maximum atomic E-state index is 13.4. The van der Waals surface area contributed by atoms with Gasteiger partial charge < -0.3 is 0 Å². The topological polar surface area (TPSA) is 17.1 Å². The molecule has 0 atom stereocenters. The van der Waals surface area contributed by atoms with Gasteiger partial charge in [-0.1, -0.05) is 12.1 Å². The van der Waals surface area contributed by atoms with E-state index in [9.17, 15) is 18.0 Å². The number of hydrogen-bond donors (Lipinski definition) is 0. The number of rotatable bonds is 5. The van der Waals surface area contributed by atoms with Crippen LogP contribution in [0.2, 0.25) is 0 Å². The lowest BCUT2D eigenvalue weighted by Gasteiger charge is -2.04. The Morgan fingerprint density at radius 2 is 1.75 bits per heavy atom. The van der Waals surface area contributed by atoms with Gasteiger partial charge in [0.05, 0.1) is 5.75 Å². The summed E-state index contributed by atoms with van der Waals surface area (Å²) in [6, 6.07) is 9.08. The average molecular weight is 296 g/mol. The third-order valence-corrected chi connectivity index (χ3v) is 3.73. The zero-order chi connectivity index (χ0) is 14.5. The molecule has 0 heterocycles. The fourth-order valence-corrected chi connectivity index (χ4v) is 2.46. The van der Waals surface area contributed by atoms with Crippen molar-refractivity contribution in [2.75, 3.05) is 5.75 Å². The summed E-state index contributed by atoms with van der Waals surface area (Å²) >= 11 is 1.04. The van der Waals surface area contributed by atoms with Gasteiger partial charge in [-0.15, -0.1) is 11.8 Å². The minimum Gasteiger partial charge on any atom is -0.298 e. The standard InChI is InChI=1S/C15H11F3OS/c16-11-5-6-13(17)10(7-11)8-12(19)9-20-15-4-2-1-3-14(15)18/h1-7H,8-9H2. The van der Waals surface area contributed by atoms with Gasteiger partial charge in [-0.3, -0.25) is 4.79 Å². The molecule has 20 heavy (non-hydrogen) atoms. The van der Waals surface area contributed by atoms with Gasteiger partial charge in [0.15, 0.2) is 0 Å². The van der Waals surface area contributed by atoms with Crippen LogP contribution in [0.1, 0.15) is 5.56 Å². The highest BCUT2D eigenvalue weighted by Gasteiger charge is 2.11. The molecule has 0 radical (unpaired) electrons. The summed E-state index contributed by atoms with van der Waals surface area (Å²) in [4.78, 5) is 12.1. The lowest BCUT2D eigenvalue weighted by Crippen LogP contribution is -2.07. The second kappa shape index (κ2) is 6.61. The van der Waals surface area contributed by atoms with Crippen molar-refractivity contribution in [1.29, 1.82) is 0 Å². The van der Waals surface area contributed by atoms with Crippen LogP contribution in [0, 0.1) is 17.5 Å². The van der Waals surface area contributed by atoms with Crippen LogP contribution < -0.4 is 0 Å². The number of thioether (sulfide) groups is 1. The predicted octanol–water partition coefficient (Wildman–Crippen LogP) is 4.01. The fourth-order valence-electron chi connectivity index (χ4n) is 1.66. The third-order valence-electron chi connectivity index (χ3n) is 2.62. The zero-order valence-corrected chi connectivity index (χ0v) is 11.2. The molecule has 0 aromatic heterocycles. The molecule has 0 aliphatic heterocycles. The lowest BCUT2D eigenvalue weighted by atomic mass is 10.1. The average Bonchev–Trinajstić information content (AvgIpc) is 2.42. The van der Waals surface area contributed by atoms with E-state index in [0.29, 0.717) is 4.90 Å². The van der Waals surface area contributed by atoms with E-state index in [0.717, 1.165) is 30.0 Å². The fraction of sp³-hybridized carbons (Fsp3) is 0.133. The summed E-state index contributed by atoms with van der Waals surface area (Å²) in [5.41, 5.74) is 0.0177. The van der Waals surface area contributed by atoms with Gasteiger partial charge in [0.25, 0.3) is 0 Å². The van der Waals surface area contributed by atoms with Gasteiger partial charge in [0.2, 0.25) is 0 Å². The molecule has 0 aliphatic rings. The summed E-state index contributed by atoms with van der Waals surface area (Å²) in [6.07, 6.45) is -0.203. The van der Waals surface area contributed by atoms with E-state index in [-0.39, 0.29) is 23.5 Å². The number of carbonyl (C=O) groups excluding carboxylic acids is 1. The van der Waals surface area contributed by atoms with Gasteiger partial charge in [0, 0.05) is 11.3 Å². The molecule has 0 fully saturated rings. The van der Waals surface area contributed by atoms with Crippen LogP contribution in [-0.4, -0.2) is 11.5 Å². The highest BCUT2D eigenvalue weighted by atomic mass is 32.2. The Kier molecular flexibility index (Phi) is 4.84. The maximum absolute atomic E-state index is 13.4. The summed E-state index contributed by atoms with van der Waals surface area (Å²) in [6.45, 7) is 0. The minimum absolute atomic E-state index is 0.0108. The van der Waals surface area contributed by atoms with E-state index in [1.165, 1.54) is 6.07 Å². The van der Waals surface area contributed by atoms with Crippen LogP contribution >= 0.6 is 11.8 Å². The lowest BCUT2D eigenvalue weighted by molar-refractivity contribution is -0.116. The first-order chi connectivity index (χ1) is 9.56. The molecule has 0 N–H and O–H groups in total. The van der Waals surface area contributed by atoms with Gasteiger partial charge in [-0.2, -0.15) is 0 Å². The summed E-state index contributed by atoms with van der Waals surface area (Å²) < 4.78 is 39.7. The van der Waals surface area contributed by atoms with E-state index in [1.54, 1.807) is 18.2 Å². The molecule has 0 aliphatic carbocycles. The summed E-state index contributed by atoms with van der Waals surface area (Å²) in [5.74, 6) is -1.88. The molecule has 104 valence electrons. The van der Waals surface area contributed by atoms with Crippen LogP contribution in [0.25, 0.3) is 0 Å². The molecule has 0 saturated carbocycles. The smallest absolute Gasteiger partial charge is 0.147 e. The van der Waals surface area contributed by atoms with Crippen molar-refractivity contribution in [3.8, 4) is 0 Å². The first-order valence-corrected chi connectivity index (χ1v) is 6.88. The monoisotopic (exact) mass is 296 g/mol. The number of benzene rings is 2. The van der Waals surface area contributed by atoms with Crippen LogP contribution in [0.4, 0.5) is 13.2 Å². The van der Waals surface area contributed by atoms with Crippen molar-refractivity contribution in [2.45, 2.75) is 11.3 Å². The van der Waals surface area contributed by atoms with E-state index in [1.807, 2.05) is 0 Å². The normalized spacial score (nSPS) is 10.6. The van der Waals surface area contributed by atoms with E-state index < -0.39 is 17.5 Å². The summed E-state index contributed by atoms with van der Waals surface area (Å²) in [7, 11) is 0. The number of halogens is 3. The predicted molar refractivity (Wildman–Crippen MR) is 72.2 cm³/mol. The largest absolute Gasteiger partial charge is 0.298 e. The molecule has 2 aromatic rings. The molecular weight excluding hydrogens is 285 g/mol. The molecule has 1 nitrogen and oxygen atoms in total. The van der Waals surface area contributed by atoms with E-state index >= 15 is 0 Å².